The van der Waals surface area contributed by atoms with Crippen molar-refractivity contribution in [2.75, 3.05) is 13.7 Å². The third-order valence-corrected chi connectivity index (χ3v) is 3.70. The van der Waals surface area contributed by atoms with Crippen LogP contribution in [0.5, 0.6) is 11.5 Å². The van der Waals surface area contributed by atoms with Gasteiger partial charge >= 0.3 is 0 Å². The summed E-state index contributed by atoms with van der Waals surface area (Å²) in [7, 11) is 1.64. The smallest absolute Gasteiger partial charge is 0.133 e. The molecule has 1 unspecified atom stereocenters. The van der Waals surface area contributed by atoms with Crippen molar-refractivity contribution < 1.29 is 9.47 Å². The summed E-state index contributed by atoms with van der Waals surface area (Å²) < 4.78 is 11.6. The van der Waals surface area contributed by atoms with E-state index in [1.807, 2.05) is 49.4 Å². The van der Waals surface area contributed by atoms with Gasteiger partial charge in [0.1, 0.15) is 11.5 Å². The van der Waals surface area contributed by atoms with Gasteiger partial charge in [0.05, 0.1) is 24.2 Å². The van der Waals surface area contributed by atoms with Gasteiger partial charge in [-0.1, -0.05) is 18.2 Å². The van der Waals surface area contributed by atoms with Gasteiger partial charge in [0.15, 0.2) is 0 Å². The fourth-order valence-corrected chi connectivity index (χ4v) is 2.56. The van der Waals surface area contributed by atoms with Gasteiger partial charge < -0.3 is 15.2 Å². The van der Waals surface area contributed by atoms with E-state index in [1.54, 1.807) is 7.11 Å². The van der Waals surface area contributed by atoms with Gasteiger partial charge in [0.2, 0.25) is 0 Å². The molecule has 2 N–H and O–H groups in total. The molecule has 4 heteroatoms. The monoisotopic (exact) mass is 335 g/mol. The molecule has 0 aliphatic rings. The van der Waals surface area contributed by atoms with Crippen LogP contribution in [0.2, 0.25) is 0 Å². The molecular formula is C16H18BrNO2. The molecule has 0 aromatic heterocycles. The number of rotatable bonds is 5. The van der Waals surface area contributed by atoms with Gasteiger partial charge in [0.25, 0.3) is 0 Å². The van der Waals surface area contributed by atoms with Crippen LogP contribution >= 0.6 is 15.9 Å². The van der Waals surface area contributed by atoms with E-state index in [0.717, 1.165) is 27.1 Å². The van der Waals surface area contributed by atoms with Crippen LogP contribution in [0.1, 0.15) is 24.1 Å². The topological polar surface area (TPSA) is 44.5 Å². The molecule has 106 valence electrons. The van der Waals surface area contributed by atoms with Crippen LogP contribution in [0.25, 0.3) is 0 Å². The number of nitrogens with two attached hydrogens (primary N) is 1. The van der Waals surface area contributed by atoms with Gasteiger partial charge in [0, 0.05) is 0 Å². The number of methoxy groups -OCH3 is 1. The van der Waals surface area contributed by atoms with Crippen LogP contribution in [0.4, 0.5) is 0 Å². The lowest BCUT2D eigenvalue weighted by molar-refractivity contribution is 0.340. The average molecular weight is 336 g/mol. The number of hydrogen-bond donors (Lipinski definition) is 1. The van der Waals surface area contributed by atoms with E-state index in [9.17, 15) is 0 Å². The van der Waals surface area contributed by atoms with Crippen molar-refractivity contribution in [3.8, 4) is 11.5 Å². The molecule has 3 nitrogen and oxygen atoms in total. The molecule has 1 atom stereocenters. The Hall–Kier alpha value is -1.52. The number of halogens is 1. The molecular weight excluding hydrogens is 318 g/mol. The summed E-state index contributed by atoms with van der Waals surface area (Å²) in [6, 6.07) is 13.6. The fourth-order valence-electron chi connectivity index (χ4n) is 2.01. The van der Waals surface area contributed by atoms with Gasteiger partial charge in [-0.05, 0) is 58.2 Å². The summed E-state index contributed by atoms with van der Waals surface area (Å²) >= 11 is 3.48. The van der Waals surface area contributed by atoms with E-state index in [2.05, 4.69) is 15.9 Å². The zero-order valence-corrected chi connectivity index (χ0v) is 13.2. The van der Waals surface area contributed by atoms with Crippen LogP contribution in [-0.2, 0) is 0 Å². The second-order valence-electron chi connectivity index (χ2n) is 4.37. The maximum atomic E-state index is 6.30. The SMILES string of the molecule is CCOc1ccc(C(N)c2ccc(OC)c(Br)c2)cc1. The average Bonchev–Trinajstić information content (AvgIpc) is 2.47. The van der Waals surface area contributed by atoms with Crippen molar-refractivity contribution in [1.29, 1.82) is 0 Å². The minimum Gasteiger partial charge on any atom is -0.496 e. The van der Waals surface area contributed by atoms with Crippen LogP contribution in [0.15, 0.2) is 46.9 Å². The van der Waals surface area contributed by atoms with Crippen molar-refractivity contribution >= 4 is 15.9 Å². The third kappa shape index (κ3) is 3.32. The standard InChI is InChI=1S/C16H18BrNO2/c1-3-20-13-7-4-11(5-8-13)16(18)12-6-9-15(19-2)14(17)10-12/h4-10,16H,3,18H2,1-2H3. The van der Waals surface area contributed by atoms with Crippen LogP contribution < -0.4 is 15.2 Å². The maximum absolute atomic E-state index is 6.30. The molecule has 0 aliphatic carbocycles. The first-order valence-corrected chi connectivity index (χ1v) is 7.26. The van der Waals surface area contributed by atoms with Crippen LogP contribution in [0, 0.1) is 0 Å². The molecule has 2 aromatic carbocycles. The molecule has 0 spiro atoms. The first kappa shape index (κ1) is 14.9. The minimum absolute atomic E-state index is 0.173. The highest BCUT2D eigenvalue weighted by Gasteiger charge is 2.11. The lowest BCUT2D eigenvalue weighted by Gasteiger charge is -2.15. The number of ether oxygens (including phenoxy) is 2. The lowest BCUT2D eigenvalue weighted by atomic mass is 9.99. The first-order chi connectivity index (χ1) is 9.65. The molecule has 0 fully saturated rings. The Morgan fingerprint density at radius 3 is 2.30 bits per heavy atom. The minimum atomic E-state index is -0.173. The Balaban J connectivity index is 2.21. The zero-order valence-electron chi connectivity index (χ0n) is 11.6. The van der Waals surface area contributed by atoms with Gasteiger partial charge in [-0.15, -0.1) is 0 Å². The number of hydrogen-bond acceptors (Lipinski definition) is 3. The summed E-state index contributed by atoms with van der Waals surface area (Å²) in [5.74, 6) is 1.66. The van der Waals surface area contributed by atoms with E-state index in [4.69, 9.17) is 15.2 Å². The van der Waals surface area contributed by atoms with Gasteiger partial charge in [-0.2, -0.15) is 0 Å². The van der Waals surface area contributed by atoms with Crippen molar-refractivity contribution in [2.24, 2.45) is 5.73 Å². The zero-order chi connectivity index (χ0) is 14.5. The van der Waals surface area contributed by atoms with Crippen LogP contribution in [-0.4, -0.2) is 13.7 Å². The molecule has 0 saturated heterocycles. The van der Waals surface area contributed by atoms with E-state index < -0.39 is 0 Å². The van der Waals surface area contributed by atoms with E-state index in [-0.39, 0.29) is 6.04 Å². The Morgan fingerprint density at radius 1 is 1.10 bits per heavy atom. The molecule has 20 heavy (non-hydrogen) atoms. The van der Waals surface area contributed by atoms with Crippen LogP contribution in [0.3, 0.4) is 0 Å². The van der Waals surface area contributed by atoms with E-state index in [1.165, 1.54) is 0 Å². The molecule has 0 radical (unpaired) electrons. The Labute approximate surface area is 127 Å². The second-order valence-corrected chi connectivity index (χ2v) is 5.23. The first-order valence-electron chi connectivity index (χ1n) is 6.47. The molecule has 0 heterocycles. The number of benzene rings is 2. The third-order valence-electron chi connectivity index (χ3n) is 3.09. The lowest BCUT2D eigenvalue weighted by Crippen LogP contribution is -2.11. The van der Waals surface area contributed by atoms with E-state index in [0.29, 0.717) is 6.61 Å². The maximum Gasteiger partial charge on any atom is 0.133 e. The summed E-state index contributed by atoms with van der Waals surface area (Å²) in [6.07, 6.45) is 0. The van der Waals surface area contributed by atoms with Gasteiger partial charge in [-0.25, -0.2) is 0 Å². The summed E-state index contributed by atoms with van der Waals surface area (Å²) in [5, 5.41) is 0. The van der Waals surface area contributed by atoms with Crippen molar-refractivity contribution in [3.05, 3.63) is 58.1 Å². The quantitative estimate of drug-likeness (QED) is 0.900. The Morgan fingerprint density at radius 2 is 1.75 bits per heavy atom. The van der Waals surface area contributed by atoms with E-state index >= 15 is 0 Å². The normalized spacial score (nSPS) is 12.0. The summed E-state index contributed by atoms with van der Waals surface area (Å²) in [5.41, 5.74) is 8.37. The van der Waals surface area contributed by atoms with Crippen molar-refractivity contribution in [3.63, 3.8) is 0 Å². The molecule has 0 amide bonds. The molecule has 0 bridgehead atoms. The van der Waals surface area contributed by atoms with Crippen molar-refractivity contribution in [2.45, 2.75) is 13.0 Å². The highest BCUT2D eigenvalue weighted by molar-refractivity contribution is 9.10. The predicted octanol–water partition coefficient (Wildman–Crippen LogP) is 3.90. The Kier molecular flexibility index (Phi) is 5.04. The largest absolute Gasteiger partial charge is 0.496 e. The molecule has 0 aliphatic heterocycles. The Bertz CT molecular complexity index is 569. The van der Waals surface area contributed by atoms with Crippen molar-refractivity contribution in [1.82, 2.24) is 0 Å². The highest BCUT2D eigenvalue weighted by Crippen LogP contribution is 2.30. The molecule has 2 aromatic rings. The second kappa shape index (κ2) is 6.77. The molecule has 0 saturated carbocycles. The highest BCUT2D eigenvalue weighted by atomic mass is 79.9. The summed E-state index contributed by atoms with van der Waals surface area (Å²) in [6.45, 7) is 2.63. The molecule has 2 rings (SSSR count). The van der Waals surface area contributed by atoms with Gasteiger partial charge in [-0.3, -0.25) is 0 Å². The fraction of sp³-hybridized carbons (Fsp3) is 0.250. The predicted molar refractivity (Wildman–Crippen MR) is 84.3 cm³/mol. The summed E-state index contributed by atoms with van der Waals surface area (Å²) in [4.78, 5) is 0.